The first-order valence-electron chi connectivity index (χ1n) is 9.47. The molecule has 3 heteroatoms. The number of hydrogen-bond donors (Lipinski definition) is 1. The van der Waals surface area contributed by atoms with E-state index in [1.807, 2.05) is 0 Å². The van der Waals surface area contributed by atoms with Gasteiger partial charge in [-0.05, 0) is 6.42 Å². The number of rotatable bonds is 18. The van der Waals surface area contributed by atoms with Crippen molar-refractivity contribution < 1.29 is 9.53 Å². The first kappa shape index (κ1) is 23.7. The molecule has 0 aromatic heterocycles. The van der Waals surface area contributed by atoms with Crippen LogP contribution in [0.2, 0.25) is 0 Å². The van der Waals surface area contributed by atoms with Crippen LogP contribution < -0.4 is 6.15 Å². The van der Waals surface area contributed by atoms with Crippen LogP contribution in [0.25, 0.3) is 0 Å². The topological polar surface area (TPSA) is 61.3 Å². The normalized spacial score (nSPS) is 10.2. The Balaban J connectivity index is 0. The van der Waals surface area contributed by atoms with Crippen molar-refractivity contribution in [3.8, 4) is 0 Å². The third-order valence-corrected chi connectivity index (χ3v) is 4.18. The first-order valence-corrected chi connectivity index (χ1v) is 9.47. The van der Waals surface area contributed by atoms with Crippen LogP contribution in [0.4, 0.5) is 0 Å². The molecule has 0 radical (unpaired) electrons. The molecule has 0 heterocycles. The molecule has 0 aromatic rings. The van der Waals surface area contributed by atoms with E-state index in [1.165, 1.54) is 96.3 Å². The maximum atomic E-state index is 9.94. The second kappa shape index (κ2) is 22.7. The highest BCUT2D eigenvalue weighted by molar-refractivity contribution is 5.36. The fraction of sp³-hybridized carbons (Fsp3) is 0.947. The molecule has 0 unspecified atom stereocenters. The van der Waals surface area contributed by atoms with Gasteiger partial charge in [0.15, 0.2) is 0 Å². The van der Waals surface area contributed by atoms with Gasteiger partial charge in [0, 0.05) is 0 Å². The smallest absolute Gasteiger partial charge is 0.293 e. The molecule has 134 valence electrons. The van der Waals surface area contributed by atoms with Crippen molar-refractivity contribution in [2.75, 3.05) is 6.61 Å². The molecule has 0 rings (SSSR count). The molecule has 0 aromatic carbocycles. The van der Waals surface area contributed by atoms with Gasteiger partial charge in [-0.15, -0.1) is 0 Å². The van der Waals surface area contributed by atoms with Crippen molar-refractivity contribution in [3.63, 3.8) is 0 Å². The van der Waals surface area contributed by atoms with Crippen LogP contribution in [-0.2, 0) is 9.53 Å². The minimum atomic E-state index is 0. The molecule has 0 fully saturated rings. The SMILES string of the molecule is CCCCCCCCCCCCCCCCCCOC=O.N. The summed E-state index contributed by atoms with van der Waals surface area (Å²) < 4.78 is 4.67. The quantitative estimate of drug-likeness (QED) is 0.229. The zero-order chi connectivity index (χ0) is 15.4. The highest BCUT2D eigenvalue weighted by atomic mass is 16.5. The third-order valence-electron chi connectivity index (χ3n) is 4.18. The van der Waals surface area contributed by atoms with Crippen molar-refractivity contribution in [1.82, 2.24) is 6.15 Å². The number of carbonyl (C=O) groups excluding carboxylic acids is 1. The summed E-state index contributed by atoms with van der Waals surface area (Å²) in [5, 5.41) is 0. The highest BCUT2D eigenvalue weighted by Crippen LogP contribution is 2.13. The van der Waals surface area contributed by atoms with E-state index in [-0.39, 0.29) is 6.15 Å². The van der Waals surface area contributed by atoms with Crippen molar-refractivity contribution >= 4 is 6.47 Å². The van der Waals surface area contributed by atoms with E-state index in [9.17, 15) is 4.79 Å². The molecule has 0 spiro atoms. The average molecular weight is 316 g/mol. The van der Waals surface area contributed by atoms with E-state index in [1.54, 1.807) is 0 Å². The molecule has 3 nitrogen and oxygen atoms in total. The minimum Gasteiger partial charge on any atom is -0.468 e. The molecule has 0 saturated heterocycles. The number of unbranched alkanes of at least 4 members (excludes halogenated alkanes) is 15. The summed E-state index contributed by atoms with van der Waals surface area (Å²) in [5.41, 5.74) is 0. The average Bonchev–Trinajstić information content (AvgIpc) is 2.50. The Kier molecular flexibility index (Phi) is 24.5. The van der Waals surface area contributed by atoms with E-state index < -0.39 is 0 Å². The molecule has 22 heavy (non-hydrogen) atoms. The maximum absolute atomic E-state index is 9.94. The van der Waals surface area contributed by atoms with E-state index >= 15 is 0 Å². The lowest BCUT2D eigenvalue weighted by atomic mass is 10.0. The summed E-state index contributed by atoms with van der Waals surface area (Å²) in [5.74, 6) is 0. The zero-order valence-corrected chi connectivity index (χ0v) is 15.1. The number of ether oxygens (including phenoxy) is 1. The van der Waals surface area contributed by atoms with Gasteiger partial charge in [0.1, 0.15) is 0 Å². The Morgan fingerprint density at radius 2 is 0.909 bits per heavy atom. The van der Waals surface area contributed by atoms with Gasteiger partial charge in [-0.1, -0.05) is 103 Å². The lowest BCUT2D eigenvalue weighted by Gasteiger charge is -2.03. The van der Waals surface area contributed by atoms with Crippen LogP contribution in [0.15, 0.2) is 0 Å². The van der Waals surface area contributed by atoms with Gasteiger partial charge in [0.05, 0.1) is 6.61 Å². The molecular formula is C19H41NO2. The highest BCUT2D eigenvalue weighted by Gasteiger charge is 1.94. The fourth-order valence-electron chi connectivity index (χ4n) is 2.78. The Labute approximate surface area is 139 Å². The molecular weight excluding hydrogens is 274 g/mol. The summed E-state index contributed by atoms with van der Waals surface area (Å²) in [6.07, 6.45) is 22.0. The van der Waals surface area contributed by atoms with Crippen LogP contribution >= 0.6 is 0 Å². The van der Waals surface area contributed by atoms with Crippen LogP contribution in [0.1, 0.15) is 110 Å². The predicted molar refractivity (Wildman–Crippen MR) is 96.6 cm³/mol. The van der Waals surface area contributed by atoms with Crippen LogP contribution in [0, 0.1) is 0 Å². The Bertz CT molecular complexity index is 198. The molecule has 0 amide bonds. The van der Waals surface area contributed by atoms with Gasteiger partial charge < -0.3 is 10.9 Å². The largest absolute Gasteiger partial charge is 0.468 e. The third kappa shape index (κ3) is 21.7. The van der Waals surface area contributed by atoms with Gasteiger partial charge >= 0.3 is 0 Å². The lowest BCUT2D eigenvalue weighted by molar-refractivity contribution is -0.128. The summed E-state index contributed by atoms with van der Waals surface area (Å²) in [7, 11) is 0. The molecule has 0 aliphatic carbocycles. The molecule has 0 atom stereocenters. The van der Waals surface area contributed by atoms with Crippen molar-refractivity contribution in [2.45, 2.75) is 110 Å². The molecule has 0 aliphatic heterocycles. The Morgan fingerprint density at radius 1 is 0.591 bits per heavy atom. The number of hydrogen-bond acceptors (Lipinski definition) is 3. The second-order valence-electron chi connectivity index (χ2n) is 6.27. The van der Waals surface area contributed by atoms with E-state index in [0.717, 1.165) is 6.42 Å². The maximum Gasteiger partial charge on any atom is 0.293 e. The summed E-state index contributed by atoms with van der Waals surface area (Å²) >= 11 is 0. The van der Waals surface area contributed by atoms with Gasteiger partial charge in [-0.2, -0.15) is 0 Å². The van der Waals surface area contributed by atoms with Crippen molar-refractivity contribution in [3.05, 3.63) is 0 Å². The summed E-state index contributed by atoms with van der Waals surface area (Å²) in [6.45, 7) is 3.43. The van der Waals surface area contributed by atoms with Crippen LogP contribution in [0.3, 0.4) is 0 Å². The van der Waals surface area contributed by atoms with Crippen molar-refractivity contribution in [2.24, 2.45) is 0 Å². The monoisotopic (exact) mass is 315 g/mol. The first-order chi connectivity index (χ1) is 10.4. The summed E-state index contributed by atoms with van der Waals surface area (Å²) in [4.78, 5) is 9.94. The molecule has 3 N–H and O–H groups in total. The molecule has 0 saturated carbocycles. The van der Waals surface area contributed by atoms with E-state index in [2.05, 4.69) is 11.7 Å². The lowest BCUT2D eigenvalue weighted by Crippen LogP contribution is -1.91. The predicted octanol–water partition coefficient (Wildman–Crippen LogP) is 6.58. The van der Waals surface area contributed by atoms with Gasteiger partial charge in [0.2, 0.25) is 0 Å². The van der Waals surface area contributed by atoms with Gasteiger partial charge in [-0.25, -0.2) is 0 Å². The number of carbonyl (C=O) groups is 1. The van der Waals surface area contributed by atoms with Crippen molar-refractivity contribution in [1.29, 1.82) is 0 Å². The zero-order valence-electron chi connectivity index (χ0n) is 15.1. The van der Waals surface area contributed by atoms with Crippen LogP contribution in [0.5, 0.6) is 0 Å². The Morgan fingerprint density at radius 3 is 1.23 bits per heavy atom. The summed E-state index contributed by atoms with van der Waals surface area (Å²) in [6, 6.07) is 0. The van der Waals surface area contributed by atoms with Crippen LogP contribution in [-0.4, -0.2) is 13.1 Å². The van der Waals surface area contributed by atoms with Gasteiger partial charge in [-0.3, -0.25) is 4.79 Å². The molecule has 0 aliphatic rings. The van der Waals surface area contributed by atoms with E-state index in [4.69, 9.17) is 0 Å². The standard InChI is InChI=1S/C19H38O2.H3N/c1-2-3-4-5-6-7-8-9-10-11-12-13-14-15-16-17-18-21-19-20;/h19H,2-18H2,1H3;1H3. The molecule has 0 bridgehead atoms. The fourth-order valence-corrected chi connectivity index (χ4v) is 2.78. The minimum absolute atomic E-state index is 0. The van der Waals surface area contributed by atoms with Gasteiger partial charge in [0.25, 0.3) is 6.47 Å². The second-order valence-corrected chi connectivity index (χ2v) is 6.27. The van der Waals surface area contributed by atoms with E-state index in [0.29, 0.717) is 13.1 Å². The Hall–Kier alpha value is -0.570.